The van der Waals surface area contributed by atoms with Crippen molar-refractivity contribution in [1.29, 1.82) is 0 Å². The topological polar surface area (TPSA) is 15.3 Å². The molecule has 1 aromatic rings. The van der Waals surface area contributed by atoms with Gasteiger partial charge in [-0.25, -0.2) is 0 Å². The predicted octanol–water partition coefficient (Wildman–Crippen LogP) is 3.00. The summed E-state index contributed by atoms with van der Waals surface area (Å²) in [4.78, 5) is 3.94. The summed E-state index contributed by atoms with van der Waals surface area (Å²) in [6, 6.07) is 4.98. The SMILES string of the molecule is CC(C)NCCCCN(C)CCc1cccs1. The van der Waals surface area contributed by atoms with Crippen LogP contribution in [-0.2, 0) is 6.42 Å². The second-order valence-electron chi connectivity index (χ2n) is 4.95. The maximum atomic E-state index is 3.46. The van der Waals surface area contributed by atoms with Crippen molar-refractivity contribution in [3.8, 4) is 0 Å². The summed E-state index contributed by atoms with van der Waals surface area (Å²) in [7, 11) is 2.23. The predicted molar refractivity (Wildman–Crippen MR) is 77.9 cm³/mol. The van der Waals surface area contributed by atoms with Crippen molar-refractivity contribution in [2.75, 3.05) is 26.7 Å². The number of nitrogens with one attached hydrogen (secondary N) is 1. The molecular weight excluding hydrogens is 228 g/mol. The molecule has 0 amide bonds. The molecule has 0 aromatic carbocycles. The van der Waals surface area contributed by atoms with Crippen molar-refractivity contribution in [3.63, 3.8) is 0 Å². The number of nitrogens with zero attached hydrogens (tertiary/aromatic N) is 1. The Morgan fingerprint density at radius 2 is 2.12 bits per heavy atom. The minimum atomic E-state index is 0.617. The van der Waals surface area contributed by atoms with E-state index in [1.807, 2.05) is 11.3 Å². The van der Waals surface area contributed by atoms with E-state index in [1.165, 1.54) is 37.2 Å². The molecule has 98 valence electrons. The average molecular weight is 254 g/mol. The molecule has 1 rings (SSSR count). The van der Waals surface area contributed by atoms with Gasteiger partial charge in [0.15, 0.2) is 0 Å². The summed E-state index contributed by atoms with van der Waals surface area (Å²) in [6.45, 7) is 7.94. The monoisotopic (exact) mass is 254 g/mol. The number of likely N-dealkylation sites (N-methyl/N-ethyl adjacent to an activating group) is 1. The summed E-state index contributed by atoms with van der Waals surface area (Å²) >= 11 is 1.86. The molecule has 0 atom stereocenters. The first-order valence-corrected chi connectivity index (χ1v) is 7.50. The van der Waals surface area contributed by atoms with Gasteiger partial charge in [0.1, 0.15) is 0 Å². The number of hydrogen-bond acceptors (Lipinski definition) is 3. The fraction of sp³-hybridized carbons (Fsp3) is 0.714. The van der Waals surface area contributed by atoms with Gasteiger partial charge >= 0.3 is 0 Å². The lowest BCUT2D eigenvalue weighted by atomic mass is 10.2. The first-order valence-electron chi connectivity index (χ1n) is 6.63. The second kappa shape index (κ2) is 8.67. The highest BCUT2D eigenvalue weighted by Crippen LogP contribution is 2.09. The van der Waals surface area contributed by atoms with Gasteiger partial charge in [-0.2, -0.15) is 0 Å². The van der Waals surface area contributed by atoms with Crippen LogP contribution in [0.1, 0.15) is 31.6 Å². The van der Waals surface area contributed by atoms with E-state index in [9.17, 15) is 0 Å². The maximum Gasteiger partial charge on any atom is 0.00579 e. The van der Waals surface area contributed by atoms with Gasteiger partial charge in [0.25, 0.3) is 0 Å². The summed E-state index contributed by atoms with van der Waals surface area (Å²) in [6.07, 6.45) is 3.76. The van der Waals surface area contributed by atoms with Crippen LogP contribution in [0.25, 0.3) is 0 Å². The van der Waals surface area contributed by atoms with Crippen molar-refractivity contribution in [1.82, 2.24) is 10.2 Å². The molecule has 0 radical (unpaired) electrons. The van der Waals surface area contributed by atoms with Crippen molar-refractivity contribution in [2.24, 2.45) is 0 Å². The molecule has 0 aliphatic carbocycles. The van der Waals surface area contributed by atoms with Gasteiger partial charge in [-0.1, -0.05) is 19.9 Å². The van der Waals surface area contributed by atoms with Crippen LogP contribution >= 0.6 is 11.3 Å². The maximum absolute atomic E-state index is 3.46. The fourth-order valence-corrected chi connectivity index (χ4v) is 2.46. The van der Waals surface area contributed by atoms with E-state index in [0.29, 0.717) is 6.04 Å². The summed E-state index contributed by atoms with van der Waals surface area (Å²) in [5.74, 6) is 0. The third-order valence-corrected chi connectivity index (χ3v) is 3.78. The van der Waals surface area contributed by atoms with Crippen LogP contribution in [0.5, 0.6) is 0 Å². The van der Waals surface area contributed by atoms with Gasteiger partial charge in [0.2, 0.25) is 0 Å². The first kappa shape index (κ1) is 14.7. The molecule has 0 aliphatic rings. The highest BCUT2D eigenvalue weighted by atomic mass is 32.1. The Kier molecular flexibility index (Phi) is 7.49. The lowest BCUT2D eigenvalue weighted by Crippen LogP contribution is -2.26. The third kappa shape index (κ3) is 7.53. The fourth-order valence-electron chi connectivity index (χ4n) is 1.77. The molecule has 1 aromatic heterocycles. The van der Waals surface area contributed by atoms with E-state index in [0.717, 1.165) is 6.54 Å². The van der Waals surface area contributed by atoms with E-state index in [2.05, 4.69) is 48.6 Å². The van der Waals surface area contributed by atoms with Crippen molar-refractivity contribution >= 4 is 11.3 Å². The quantitative estimate of drug-likeness (QED) is 0.682. The highest BCUT2D eigenvalue weighted by molar-refractivity contribution is 7.09. The molecule has 0 spiro atoms. The van der Waals surface area contributed by atoms with Gasteiger partial charge in [-0.3, -0.25) is 0 Å². The van der Waals surface area contributed by atoms with E-state index >= 15 is 0 Å². The molecule has 0 fully saturated rings. The molecule has 17 heavy (non-hydrogen) atoms. The van der Waals surface area contributed by atoms with Crippen molar-refractivity contribution < 1.29 is 0 Å². The lowest BCUT2D eigenvalue weighted by Gasteiger charge is -2.16. The van der Waals surface area contributed by atoms with E-state index in [1.54, 1.807) is 0 Å². The molecule has 0 bridgehead atoms. The summed E-state index contributed by atoms with van der Waals surface area (Å²) in [5, 5.41) is 5.62. The summed E-state index contributed by atoms with van der Waals surface area (Å²) < 4.78 is 0. The Bertz CT molecular complexity index is 270. The van der Waals surface area contributed by atoms with Crippen LogP contribution in [0.2, 0.25) is 0 Å². The van der Waals surface area contributed by atoms with Gasteiger partial charge < -0.3 is 10.2 Å². The van der Waals surface area contributed by atoms with Crippen LogP contribution in [-0.4, -0.2) is 37.6 Å². The van der Waals surface area contributed by atoms with Crippen LogP contribution in [0.3, 0.4) is 0 Å². The molecule has 0 unspecified atom stereocenters. The zero-order chi connectivity index (χ0) is 12.5. The third-order valence-electron chi connectivity index (χ3n) is 2.84. The average Bonchev–Trinajstić information content (AvgIpc) is 2.78. The number of unbranched alkanes of at least 4 members (excludes halogenated alkanes) is 1. The van der Waals surface area contributed by atoms with Crippen molar-refractivity contribution in [3.05, 3.63) is 22.4 Å². The molecule has 2 nitrogen and oxygen atoms in total. The van der Waals surface area contributed by atoms with Gasteiger partial charge in [0.05, 0.1) is 0 Å². The zero-order valence-corrected chi connectivity index (χ0v) is 12.2. The van der Waals surface area contributed by atoms with Crippen LogP contribution < -0.4 is 5.32 Å². The molecule has 0 aliphatic heterocycles. The Balaban J connectivity index is 1.96. The van der Waals surface area contributed by atoms with Crippen LogP contribution in [0, 0.1) is 0 Å². The second-order valence-corrected chi connectivity index (χ2v) is 5.98. The Morgan fingerprint density at radius 3 is 2.76 bits per heavy atom. The van der Waals surface area contributed by atoms with Gasteiger partial charge in [-0.05, 0) is 50.8 Å². The Hall–Kier alpha value is -0.380. The highest BCUT2D eigenvalue weighted by Gasteiger charge is 2.00. The van der Waals surface area contributed by atoms with Crippen molar-refractivity contribution in [2.45, 2.75) is 39.2 Å². The lowest BCUT2D eigenvalue weighted by molar-refractivity contribution is 0.329. The van der Waals surface area contributed by atoms with E-state index in [-0.39, 0.29) is 0 Å². The van der Waals surface area contributed by atoms with Gasteiger partial charge in [0, 0.05) is 17.5 Å². The van der Waals surface area contributed by atoms with Crippen LogP contribution in [0.4, 0.5) is 0 Å². The Morgan fingerprint density at radius 1 is 1.29 bits per heavy atom. The normalized spacial score (nSPS) is 11.6. The molecular formula is C14H26N2S. The molecule has 1 N–H and O–H groups in total. The standard InChI is InChI=1S/C14H26N2S/c1-13(2)15-9-4-5-10-16(3)11-8-14-7-6-12-17-14/h6-7,12-13,15H,4-5,8-11H2,1-3H3. The smallest absolute Gasteiger partial charge is 0.00579 e. The molecule has 0 saturated heterocycles. The number of thiophene rings is 1. The molecule has 1 heterocycles. The van der Waals surface area contributed by atoms with Crippen LogP contribution in [0.15, 0.2) is 17.5 Å². The first-order chi connectivity index (χ1) is 8.18. The van der Waals surface area contributed by atoms with E-state index in [4.69, 9.17) is 0 Å². The van der Waals surface area contributed by atoms with E-state index < -0.39 is 0 Å². The number of hydrogen-bond donors (Lipinski definition) is 1. The minimum absolute atomic E-state index is 0.617. The van der Waals surface area contributed by atoms with Gasteiger partial charge in [-0.15, -0.1) is 11.3 Å². The molecule has 0 saturated carbocycles. The Labute approximate surface area is 110 Å². The molecule has 3 heteroatoms. The summed E-state index contributed by atoms with van der Waals surface area (Å²) in [5.41, 5.74) is 0. The zero-order valence-electron chi connectivity index (χ0n) is 11.4. The minimum Gasteiger partial charge on any atom is -0.315 e. The largest absolute Gasteiger partial charge is 0.315 e. The number of rotatable bonds is 9.